The highest BCUT2D eigenvalue weighted by Crippen LogP contribution is 2.29. The van der Waals surface area contributed by atoms with Gasteiger partial charge in [-0.1, -0.05) is 49.4 Å². The lowest BCUT2D eigenvalue weighted by molar-refractivity contribution is -0.122. The number of urea groups is 1. The maximum atomic E-state index is 12.6. The number of carbonyl (C=O) groups is 2. The third kappa shape index (κ3) is 5.35. The minimum absolute atomic E-state index is 0.00434. The summed E-state index contributed by atoms with van der Waals surface area (Å²) in [5, 5.41) is 6.06. The molecule has 5 nitrogen and oxygen atoms in total. The summed E-state index contributed by atoms with van der Waals surface area (Å²) < 4.78 is 0. The van der Waals surface area contributed by atoms with Crippen LogP contribution in [-0.2, 0) is 11.2 Å². The molecule has 1 aliphatic rings. The van der Waals surface area contributed by atoms with Gasteiger partial charge in [-0.25, -0.2) is 4.79 Å². The van der Waals surface area contributed by atoms with E-state index in [1.54, 1.807) is 4.90 Å². The molecular formula is C23H29N3O2. The number of amides is 3. The minimum Gasteiger partial charge on any atom is -0.349 e. The van der Waals surface area contributed by atoms with Gasteiger partial charge in [0.2, 0.25) is 5.91 Å². The van der Waals surface area contributed by atoms with Gasteiger partial charge in [-0.3, -0.25) is 4.79 Å². The molecule has 0 aromatic heterocycles. The van der Waals surface area contributed by atoms with Crippen molar-refractivity contribution in [1.29, 1.82) is 0 Å². The van der Waals surface area contributed by atoms with Crippen LogP contribution in [-0.4, -0.2) is 29.9 Å². The highest BCUT2D eigenvalue weighted by atomic mass is 16.2. The fourth-order valence-electron chi connectivity index (χ4n) is 3.72. The van der Waals surface area contributed by atoms with Crippen molar-refractivity contribution >= 4 is 17.6 Å². The van der Waals surface area contributed by atoms with Crippen molar-refractivity contribution in [2.45, 2.75) is 45.1 Å². The first-order chi connectivity index (χ1) is 13.7. The minimum atomic E-state index is -0.163. The van der Waals surface area contributed by atoms with Crippen LogP contribution in [0.25, 0.3) is 0 Å². The molecule has 0 bridgehead atoms. The second-order valence-electron chi connectivity index (χ2n) is 7.24. The fourth-order valence-corrected chi connectivity index (χ4v) is 3.72. The molecule has 5 heteroatoms. The number of benzene rings is 2. The van der Waals surface area contributed by atoms with E-state index in [9.17, 15) is 9.59 Å². The maximum absolute atomic E-state index is 12.6. The lowest BCUT2D eigenvalue weighted by Crippen LogP contribution is -2.39. The van der Waals surface area contributed by atoms with Crippen LogP contribution in [0.1, 0.15) is 49.8 Å². The summed E-state index contributed by atoms with van der Waals surface area (Å²) in [6, 6.07) is 17.6. The van der Waals surface area contributed by atoms with Gasteiger partial charge in [-0.05, 0) is 48.9 Å². The molecule has 0 aliphatic heterocycles. The molecule has 0 heterocycles. The molecular weight excluding hydrogens is 350 g/mol. The first-order valence-corrected chi connectivity index (χ1v) is 10.2. The summed E-state index contributed by atoms with van der Waals surface area (Å²) in [7, 11) is 0. The summed E-state index contributed by atoms with van der Waals surface area (Å²) in [4.78, 5) is 26.8. The van der Waals surface area contributed by atoms with Crippen LogP contribution in [0.4, 0.5) is 10.5 Å². The Balaban J connectivity index is 1.53. The van der Waals surface area contributed by atoms with Gasteiger partial charge in [0.05, 0.1) is 6.04 Å². The van der Waals surface area contributed by atoms with Gasteiger partial charge in [0, 0.05) is 25.2 Å². The lowest BCUT2D eigenvalue weighted by atomic mass is 9.87. The van der Waals surface area contributed by atoms with Crippen molar-refractivity contribution in [2.75, 3.05) is 18.4 Å². The highest BCUT2D eigenvalue weighted by Gasteiger charge is 2.22. The maximum Gasteiger partial charge on any atom is 0.321 e. The van der Waals surface area contributed by atoms with Gasteiger partial charge in [-0.15, -0.1) is 0 Å². The monoisotopic (exact) mass is 379 g/mol. The van der Waals surface area contributed by atoms with Gasteiger partial charge >= 0.3 is 6.03 Å². The SMILES string of the molecule is CCCN(CCC(=O)NC1CCCc2ccccc21)C(=O)Nc1ccccc1. The zero-order chi connectivity index (χ0) is 19.8. The van der Waals surface area contributed by atoms with E-state index in [4.69, 9.17) is 0 Å². The second-order valence-corrected chi connectivity index (χ2v) is 7.24. The number of nitrogens with zero attached hydrogens (tertiary/aromatic N) is 1. The Hall–Kier alpha value is -2.82. The second kappa shape index (κ2) is 9.93. The number of nitrogens with one attached hydrogen (secondary N) is 2. The van der Waals surface area contributed by atoms with E-state index in [0.29, 0.717) is 19.5 Å². The zero-order valence-electron chi connectivity index (χ0n) is 16.5. The Morgan fingerprint density at radius 3 is 2.57 bits per heavy atom. The number of rotatable bonds is 7. The molecule has 3 amide bonds. The predicted octanol–water partition coefficient (Wildman–Crippen LogP) is 4.51. The molecule has 0 spiro atoms. The lowest BCUT2D eigenvalue weighted by Gasteiger charge is -2.27. The van der Waals surface area contributed by atoms with Gasteiger partial charge in [0.15, 0.2) is 0 Å². The van der Waals surface area contributed by atoms with Crippen LogP contribution in [0.3, 0.4) is 0 Å². The van der Waals surface area contributed by atoms with Crippen LogP contribution in [0.5, 0.6) is 0 Å². The fraction of sp³-hybridized carbons (Fsp3) is 0.391. The number of carbonyl (C=O) groups excluding carboxylic acids is 2. The number of hydrogen-bond acceptors (Lipinski definition) is 2. The molecule has 148 valence electrons. The van der Waals surface area contributed by atoms with Crippen molar-refractivity contribution < 1.29 is 9.59 Å². The van der Waals surface area contributed by atoms with Crippen LogP contribution < -0.4 is 10.6 Å². The zero-order valence-corrected chi connectivity index (χ0v) is 16.5. The van der Waals surface area contributed by atoms with E-state index >= 15 is 0 Å². The summed E-state index contributed by atoms with van der Waals surface area (Å²) in [5.74, 6) is -0.00434. The van der Waals surface area contributed by atoms with Crippen LogP contribution in [0.2, 0.25) is 0 Å². The number of fused-ring (bicyclic) bond motifs is 1. The third-order valence-corrected chi connectivity index (χ3v) is 5.12. The first kappa shape index (κ1) is 19.9. The number of aryl methyl sites for hydroxylation is 1. The Labute approximate surface area is 167 Å². The van der Waals surface area contributed by atoms with Gasteiger partial charge < -0.3 is 15.5 Å². The number of anilines is 1. The molecule has 1 atom stereocenters. The largest absolute Gasteiger partial charge is 0.349 e. The summed E-state index contributed by atoms with van der Waals surface area (Å²) >= 11 is 0. The Bertz CT molecular complexity index is 791. The third-order valence-electron chi connectivity index (χ3n) is 5.12. The van der Waals surface area contributed by atoms with Crippen molar-refractivity contribution in [2.24, 2.45) is 0 Å². The molecule has 0 saturated heterocycles. The van der Waals surface area contributed by atoms with Crippen LogP contribution in [0.15, 0.2) is 54.6 Å². The normalized spacial score (nSPS) is 15.4. The van der Waals surface area contributed by atoms with Gasteiger partial charge in [-0.2, -0.15) is 0 Å². The van der Waals surface area contributed by atoms with Crippen LogP contribution in [0, 0.1) is 0 Å². The molecule has 3 rings (SSSR count). The van der Waals surface area contributed by atoms with Crippen LogP contribution >= 0.6 is 0 Å². The summed E-state index contributed by atoms with van der Waals surface area (Å²) in [5.41, 5.74) is 3.32. The van der Waals surface area contributed by atoms with E-state index in [2.05, 4.69) is 28.8 Å². The van der Waals surface area contributed by atoms with Crippen molar-refractivity contribution in [3.63, 3.8) is 0 Å². The smallest absolute Gasteiger partial charge is 0.321 e. The molecule has 0 saturated carbocycles. The van der Waals surface area contributed by atoms with E-state index in [1.165, 1.54) is 11.1 Å². The van der Waals surface area contributed by atoms with Crippen molar-refractivity contribution in [3.8, 4) is 0 Å². The Morgan fingerprint density at radius 2 is 1.79 bits per heavy atom. The van der Waals surface area contributed by atoms with Gasteiger partial charge in [0.1, 0.15) is 0 Å². The molecule has 2 aromatic rings. The molecule has 28 heavy (non-hydrogen) atoms. The highest BCUT2D eigenvalue weighted by molar-refractivity contribution is 5.89. The number of hydrogen-bond donors (Lipinski definition) is 2. The summed E-state index contributed by atoms with van der Waals surface area (Å²) in [6.07, 6.45) is 4.28. The molecule has 0 radical (unpaired) electrons. The van der Waals surface area contributed by atoms with Crippen molar-refractivity contribution in [3.05, 3.63) is 65.7 Å². The quantitative estimate of drug-likeness (QED) is 0.743. The molecule has 1 unspecified atom stereocenters. The Morgan fingerprint density at radius 1 is 1.04 bits per heavy atom. The van der Waals surface area contributed by atoms with E-state index < -0.39 is 0 Å². The molecule has 2 N–H and O–H groups in total. The first-order valence-electron chi connectivity index (χ1n) is 10.2. The average molecular weight is 380 g/mol. The summed E-state index contributed by atoms with van der Waals surface area (Å²) in [6.45, 7) is 3.06. The van der Waals surface area contributed by atoms with Crippen molar-refractivity contribution in [1.82, 2.24) is 10.2 Å². The number of para-hydroxylation sites is 1. The average Bonchev–Trinajstić information content (AvgIpc) is 2.72. The molecule has 1 aliphatic carbocycles. The molecule has 0 fully saturated rings. The van der Waals surface area contributed by atoms with E-state index in [0.717, 1.165) is 31.4 Å². The van der Waals surface area contributed by atoms with Gasteiger partial charge in [0.25, 0.3) is 0 Å². The predicted molar refractivity (Wildman–Crippen MR) is 112 cm³/mol. The van der Waals surface area contributed by atoms with E-state index in [1.807, 2.05) is 43.3 Å². The standard InChI is InChI=1S/C23H29N3O2/c1-2-16-26(23(28)24-19-11-4-3-5-12-19)17-15-22(27)25-21-14-8-10-18-9-6-7-13-20(18)21/h3-7,9,11-13,21H,2,8,10,14-17H2,1H3,(H,24,28)(H,25,27). The van der Waals surface area contributed by atoms with E-state index in [-0.39, 0.29) is 18.0 Å². The topological polar surface area (TPSA) is 61.4 Å². The Kier molecular flexibility index (Phi) is 7.06. The molecule has 2 aromatic carbocycles.